The average Bonchev–Trinajstić information content (AvgIpc) is 2.23. The molecule has 0 unspecified atom stereocenters. The molecule has 0 aromatic heterocycles. The van der Waals surface area contributed by atoms with Gasteiger partial charge in [-0.1, -0.05) is 6.07 Å². The lowest BCUT2D eigenvalue weighted by molar-refractivity contribution is 0.243. The maximum Gasteiger partial charge on any atom is 0.321 e. The van der Waals surface area contributed by atoms with Crippen molar-refractivity contribution in [1.82, 2.24) is 5.32 Å². The summed E-state index contributed by atoms with van der Waals surface area (Å²) < 4.78 is 13.3. The van der Waals surface area contributed by atoms with E-state index in [-0.39, 0.29) is 11.8 Å². The number of hydrogen-bond acceptors (Lipinski definition) is 1. The van der Waals surface area contributed by atoms with Crippen LogP contribution >= 0.6 is 0 Å². The predicted molar refractivity (Wildman–Crippen MR) is 56.5 cm³/mol. The number of carbonyl (C=O) groups excluding carboxylic acids is 1. The first-order valence-corrected chi connectivity index (χ1v) is 5.00. The molecule has 1 aliphatic heterocycles. The summed E-state index contributed by atoms with van der Waals surface area (Å²) in [4.78, 5) is 13.0. The van der Waals surface area contributed by atoms with Crippen LogP contribution in [0.4, 0.5) is 14.9 Å². The Hall–Kier alpha value is -1.58. The first-order chi connectivity index (χ1) is 7.18. The van der Waals surface area contributed by atoms with E-state index >= 15 is 0 Å². The highest BCUT2D eigenvalue weighted by Gasteiger charge is 2.19. The fraction of sp³-hybridized carbons (Fsp3) is 0.364. The van der Waals surface area contributed by atoms with Gasteiger partial charge in [0.2, 0.25) is 0 Å². The van der Waals surface area contributed by atoms with Crippen molar-refractivity contribution in [3.05, 3.63) is 29.6 Å². The van der Waals surface area contributed by atoms with E-state index in [9.17, 15) is 9.18 Å². The summed E-state index contributed by atoms with van der Waals surface area (Å²) in [6.45, 7) is 3.05. The van der Waals surface area contributed by atoms with E-state index in [0.29, 0.717) is 24.3 Å². The third-order valence-electron chi connectivity index (χ3n) is 2.55. The van der Waals surface area contributed by atoms with E-state index in [2.05, 4.69) is 5.32 Å². The number of benzene rings is 1. The van der Waals surface area contributed by atoms with Crippen LogP contribution in [0.2, 0.25) is 0 Å². The van der Waals surface area contributed by atoms with E-state index in [4.69, 9.17) is 0 Å². The molecule has 1 aromatic rings. The van der Waals surface area contributed by atoms with Crippen LogP contribution in [0, 0.1) is 12.7 Å². The van der Waals surface area contributed by atoms with Gasteiger partial charge >= 0.3 is 6.03 Å². The molecule has 2 rings (SSSR count). The Bertz CT molecular complexity index is 392. The molecule has 1 aromatic carbocycles. The third-order valence-corrected chi connectivity index (χ3v) is 2.55. The number of anilines is 1. The first-order valence-electron chi connectivity index (χ1n) is 5.00. The molecule has 3 nitrogen and oxygen atoms in total. The molecule has 4 heteroatoms. The van der Waals surface area contributed by atoms with Crippen LogP contribution in [0.5, 0.6) is 0 Å². The standard InChI is InChI=1S/C11H13FN2O/c1-8-3-4-9(7-10(8)12)14-6-2-5-13-11(14)15/h3-4,7H,2,5-6H2,1H3,(H,13,15). The molecule has 1 saturated heterocycles. The van der Waals surface area contributed by atoms with Crippen molar-refractivity contribution < 1.29 is 9.18 Å². The SMILES string of the molecule is Cc1ccc(N2CCCNC2=O)cc1F. The van der Waals surface area contributed by atoms with E-state index < -0.39 is 0 Å². The topological polar surface area (TPSA) is 32.3 Å². The van der Waals surface area contributed by atoms with Gasteiger partial charge < -0.3 is 5.32 Å². The van der Waals surface area contributed by atoms with Crippen molar-refractivity contribution in [2.75, 3.05) is 18.0 Å². The van der Waals surface area contributed by atoms with Gasteiger partial charge in [0.05, 0.1) is 0 Å². The fourth-order valence-electron chi connectivity index (χ4n) is 1.63. The quantitative estimate of drug-likeness (QED) is 0.752. The highest BCUT2D eigenvalue weighted by atomic mass is 19.1. The molecule has 80 valence electrons. The minimum atomic E-state index is -0.272. The monoisotopic (exact) mass is 208 g/mol. The van der Waals surface area contributed by atoms with E-state index in [1.54, 1.807) is 24.0 Å². The molecule has 15 heavy (non-hydrogen) atoms. The predicted octanol–water partition coefficient (Wildman–Crippen LogP) is 2.05. The second-order valence-electron chi connectivity index (χ2n) is 3.67. The number of hydrogen-bond donors (Lipinski definition) is 1. The molecule has 1 aliphatic rings. The third kappa shape index (κ3) is 1.93. The second-order valence-corrected chi connectivity index (χ2v) is 3.67. The molecule has 0 aliphatic carbocycles. The first kappa shape index (κ1) is 9.96. The minimum Gasteiger partial charge on any atom is -0.338 e. The van der Waals surface area contributed by atoms with Crippen LogP contribution in [-0.4, -0.2) is 19.1 Å². The summed E-state index contributed by atoms with van der Waals surface area (Å²) in [6.07, 6.45) is 0.890. The molecule has 1 heterocycles. The summed E-state index contributed by atoms with van der Waals surface area (Å²) in [5, 5.41) is 2.73. The lowest BCUT2D eigenvalue weighted by atomic mass is 10.2. The van der Waals surface area contributed by atoms with Crippen LogP contribution in [0.3, 0.4) is 0 Å². The van der Waals surface area contributed by atoms with E-state index in [1.807, 2.05) is 0 Å². The number of aryl methyl sites for hydroxylation is 1. The number of nitrogens with zero attached hydrogens (tertiary/aromatic N) is 1. The van der Waals surface area contributed by atoms with Crippen LogP contribution in [0.1, 0.15) is 12.0 Å². The zero-order valence-corrected chi connectivity index (χ0v) is 8.59. The van der Waals surface area contributed by atoms with Crippen LogP contribution < -0.4 is 10.2 Å². The zero-order valence-electron chi connectivity index (χ0n) is 8.59. The number of urea groups is 1. The van der Waals surface area contributed by atoms with E-state index in [0.717, 1.165) is 6.42 Å². The van der Waals surface area contributed by atoms with Gasteiger partial charge in [0, 0.05) is 18.8 Å². The Morgan fingerprint density at radius 2 is 2.27 bits per heavy atom. The summed E-state index contributed by atoms with van der Waals surface area (Å²) >= 11 is 0. The summed E-state index contributed by atoms with van der Waals surface area (Å²) in [7, 11) is 0. The Morgan fingerprint density at radius 3 is 2.93 bits per heavy atom. The number of nitrogens with one attached hydrogen (secondary N) is 1. The fourth-order valence-corrected chi connectivity index (χ4v) is 1.63. The van der Waals surface area contributed by atoms with Gasteiger partial charge in [-0.2, -0.15) is 0 Å². The van der Waals surface area contributed by atoms with Gasteiger partial charge in [-0.3, -0.25) is 4.90 Å². The zero-order chi connectivity index (χ0) is 10.8. The molecular formula is C11H13FN2O. The Labute approximate surface area is 87.9 Å². The van der Waals surface area contributed by atoms with Crippen LogP contribution in [-0.2, 0) is 0 Å². The Kier molecular flexibility index (Phi) is 2.58. The molecule has 0 radical (unpaired) electrons. The smallest absolute Gasteiger partial charge is 0.321 e. The highest BCUT2D eigenvalue weighted by Crippen LogP contribution is 2.19. The number of halogens is 1. The number of carbonyl (C=O) groups is 1. The molecule has 0 bridgehead atoms. The normalized spacial score (nSPS) is 16.4. The Morgan fingerprint density at radius 1 is 1.47 bits per heavy atom. The van der Waals surface area contributed by atoms with Gasteiger partial charge in [-0.05, 0) is 31.0 Å². The van der Waals surface area contributed by atoms with Gasteiger partial charge in [-0.25, -0.2) is 9.18 Å². The van der Waals surface area contributed by atoms with Gasteiger partial charge in [0.25, 0.3) is 0 Å². The van der Waals surface area contributed by atoms with Crippen molar-refractivity contribution in [3.8, 4) is 0 Å². The molecular weight excluding hydrogens is 195 g/mol. The van der Waals surface area contributed by atoms with Crippen molar-refractivity contribution in [2.24, 2.45) is 0 Å². The lowest BCUT2D eigenvalue weighted by Crippen LogP contribution is -2.46. The van der Waals surface area contributed by atoms with E-state index in [1.165, 1.54) is 6.07 Å². The second kappa shape index (κ2) is 3.88. The molecule has 2 amide bonds. The van der Waals surface area contributed by atoms with Crippen molar-refractivity contribution in [2.45, 2.75) is 13.3 Å². The number of rotatable bonds is 1. The van der Waals surface area contributed by atoms with Crippen LogP contribution in [0.25, 0.3) is 0 Å². The lowest BCUT2D eigenvalue weighted by Gasteiger charge is -2.27. The summed E-state index contributed by atoms with van der Waals surface area (Å²) in [6, 6.07) is 4.71. The molecule has 1 N–H and O–H groups in total. The maximum absolute atomic E-state index is 13.3. The van der Waals surface area contributed by atoms with Gasteiger partial charge in [0.1, 0.15) is 5.82 Å². The molecule has 0 atom stereocenters. The van der Waals surface area contributed by atoms with Crippen molar-refractivity contribution >= 4 is 11.7 Å². The van der Waals surface area contributed by atoms with Crippen molar-refractivity contribution in [3.63, 3.8) is 0 Å². The van der Waals surface area contributed by atoms with Crippen molar-refractivity contribution in [1.29, 1.82) is 0 Å². The largest absolute Gasteiger partial charge is 0.338 e. The highest BCUT2D eigenvalue weighted by molar-refractivity contribution is 5.92. The molecule has 1 fully saturated rings. The number of amides is 2. The van der Waals surface area contributed by atoms with Gasteiger partial charge in [-0.15, -0.1) is 0 Å². The summed E-state index contributed by atoms with van der Waals surface area (Å²) in [5.74, 6) is -0.272. The Balaban J connectivity index is 2.28. The van der Waals surface area contributed by atoms with Gasteiger partial charge in [0.15, 0.2) is 0 Å². The molecule has 0 saturated carbocycles. The minimum absolute atomic E-state index is 0.149. The maximum atomic E-state index is 13.3. The molecule has 0 spiro atoms. The van der Waals surface area contributed by atoms with Crippen LogP contribution in [0.15, 0.2) is 18.2 Å². The average molecular weight is 208 g/mol. The summed E-state index contributed by atoms with van der Waals surface area (Å²) in [5.41, 5.74) is 1.21.